The zero-order chi connectivity index (χ0) is 18.6. The van der Waals surface area contributed by atoms with Crippen molar-refractivity contribution in [2.45, 2.75) is 6.54 Å². The predicted octanol–water partition coefficient (Wildman–Crippen LogP) is 4.99. The third-order valence-electron chi connectivity index (χ3n) is 4.29. The maximum Gasteiger partial charge on any atom is 0.183 e. The number of hydrogen-bond donors (Lipinski definition) is 1. The van der Waals surface area contributed by atoms with Crippen LogP contribution in [-0.4, -0.2) is 24.2 Å². The second-order valence-electron chi connectivity index (χ2n) is 5.98. The van der Waals surface area contributed by atoms with Gasteiger partial charge in [0.05, 0.1) is 32.2 Å². The van der Waals surface area contributed by atoms with E-state index in [9.17, 15) is 0 Å². The number of anilines is 1. The summed E-state index contributed by atoms with van der Waals surface area (Å²) >= 11 is 1.57. The number of ether oxygens (including phenoxy) is 2. The molecule has 0 aliphatic heterocycles. The van der Waals surface area contributed by atoms with Gasteiger partial charge in [-0.25, -0.2) is 4.98 Å². The zero-order valence-electron chi connectivity index (χ0n) is 15.1. The molecular formula is C21H19N3O2S. The topological polar surface area (TPSA) is 56.3 Å². The van der Waals surface area contributed by atoms with Gasteiger partial charge in [0.15, 0.2) is 16.6 Å². The van der Waals surface area contributed by atoms with Crippen LogP contribution in [0.3, 0.4) is 0 Å². The maximum absolute atomic E-state index is 5.37. The summed E-state index contributed by atoms with van der Waals surface area (Å²) in [6.45, 7) is 0.629. The molecule has 5 nitrogen and oxygen atoms in total. The molecule has 2 aromatic carbocycles. The molecule has 27 heavy (non-hydrogen) atoms. The lowest BCUT2D eigenvalue weighted by molar-refractivity contribution is 0.355. The molecule has 4 aromatic rings. The lowest BCUT2D eigenvalue weighted by atomic mass is 10.1. The van der Waals surface area contributed by atoms with E-state index in [0.717, 1.165) is 27.5 Å². The molecule has 0 unspecified atom stereocenters. The minimum absolute atomic E-state index is 0.629. The van der Waals surface area contributed by atoms with E-state index in [1.165, 1.54) is 5.39 Å². The molecule has 0 saturated heterocycles. The van der Waals surface area contributed by atoms with Crippen molar-refractivity contribution >= 4 is 27.2 Å². The zero-order valence-corrected chi connectivity index (χ0v) is 15.9. The van der Waals surface area contributed by atoms with Crippen molar-refractivity contribution in [2.75, 3.05) is 19.5 Å². The van der Waals surface area contributed by atoms with E-state index in [2.05, 4.69) is 33.5 Å². The summed E-state index contributed by atoms with van der Waals surface area (Å²) < 4.78 is 10.7. The number of rotatable bonds is 6. The van der Waals surface area contributed by atoms with Crippen LogP contribution in [0.5, 0.6) is 11.5 Å². The van der Waals surface area contributed by atoms with E-state index in [1.54, 1.807) is 25.6 Å². The Morgan fingerprint density at radius 1 is 0.963 bits per heavy atom. The van der Waals surface area contributed by atoms with Crippen molar-refractivity contribution in [3.05, 3.63) is 65.8 Å². The molecule has 0 bridgehead atoms. The number of benzene rings is 2. The second-order valence-corrected chi connectivity index (χ2v) is 6.84. The molecular weight excluding hydrogens is 358 g/mol. The first-order valence-corrected chi connectivity index (χ1v) is 9.40. The van der Waals surface area contributed by atoms with Gasteiger partial charge in [-0.05, 0) is 29.7 Å². The molecule has 136 valence electrons. The number of hydrogen-bond acceptors (Lipinski definition) is 6. The fourth-order valence-electron chi connectivity index (χ4n) is 2.88. The normalized spacial score (nSPS) is 10.7. The standard InChI is InChI=1S/C21H19N3O2S/c1-25-19-8-7-15(10-20(19)26-2)18-13-27-21(24-18)23-12-17-9-14-5-3-4-6-16(14)11-22-17/h3-11,13H,12H2,1-2H3,(H,23,24). The Kier molecular flexibility index (Phi) is 4.89. The Hall–Kier alpha value is -3.12. The van der Waals surface area contributed by atoms with E-state index < -0.39 is 0 Å². The third kappa shape index (κ3) is 3.71. The molecule has 2 aromatic heterocycles. The largest absolute Gasteiger partial charge is 0.493 e. The summed E-state index contributed by atoms with van der Waals surface area (Å²) in [5.74, 6) is 1.40. The summed E-state index contributed by atoms with van der Waals surface area (Å²) in [5, 5.41) is 8.57. The van der Waals surface area contributed by atoms with Crippen LogP contribution >= 0.6 is 11.3 Å². The molecule has 2 heterocycles. The molecule has 1 N–H and O–H groups in total. The average molecular weight is 377 g/mol. The van der Waals surface area contributed by atoms with Crippen molar-refractivity contribution < 1.29 is 9.47 Å². The van der Waals surface area contributed by atoms with Crippen LogP contribution in [0.15, 0.2) is 60.1 Å². The number of pyridine rings is 1. The highest BCUT2D eigenvalue weighted by Gasteiger charge is 2.09. The van der Waals surface area contributed by atoms with E-state index >= 15 is 0 Å². The Morgan fingerprint density at radius 2 is 1.78 bits per heavy atom. The van der Waals surface area contributed by atoms with Crippen LogP contribution in [0.25, 0.3) is 22.0 Å². The summed E-state index contributed by atoms with van der Waals surface area (Å²) in [6.07, 6.45) is 1.91. The van der Waals surface area contributed by atoms with E-state index in [4.69, 9.17) is 9.47 Å². The van der Waals surface area contributed by atoms with Gasteiger partial charge in [0.25, 0.3) is 0 Å². The highest BCUT2D eigenvalue weighted by molar-refractivity contribution is 7.14. The van der Waals surface area contributed by atoms with Gasteiger partial charge >= 0.3 is 0 Å². The highest BCUT2D eigenvalue weighted by Crippen LogP contribution is 2.33. The van der Waals surface area contributed by atoms with Crippen molar-refractivity contribution in [3.8, 4) is 22.8 Å². The van der Waals surface area contributed by atoms with Crippen LogP contribution in [0, 0.1) is 0 Å². The van der Waals surface area contributed by atoms with Gasteiger partial charge in [0, 0.05) is 22.5 Å². The fraction of sp³-hybridized carbons (Fsp3) is 0.143. The molecule has 0 fully saturated rings. The molecule has 0 spiro atoms. The first-order chi connectivity index (χ1) is 13.3. The summed E-state index contributed by atoms with van der Waals surface area (Å²) in [6, 6.07) is 16.1. The molecule has 0 radical (unpaired) electrons. The van der Waals surface area contributed by atoms with Gasteiger partial charge in [-0.3, -0.25) is 4.98 Å². The Labute approximate surface area is 161 Å². The van der Waals surface area contributed by atoms with E-state index in [0.29, 0.717) is 18.0 Å². The maximum atomic E-state index is 5.37. The number of thiazole rings is 1. The van der Waals surface area contributed by atoms with Crippen LogP contribution in [0.2, 0.25) is 0 Å². The smallest absolute Gasteiger partial charge is 0.183 e. The lowest BCUT2D eigenvalue weighted by Gasteiger charge is -2.08. The quantitative estimate of drug-likeness (QED) is 0.513. The second kappa shape index (κ2) is 7.63. The first kappa shape index (κ1) is 17.3. The van der Waals surface area contributed by atoms with Crippen molar-refractivity contribution in [3.63, 3.8) is 0 Å². The van der Waals surface area contributed by atoms with Gasteiger partial charge in [-0.15, -0.1) is 11.3 Å². The number of fused-ring (bicyclic) bond motifs is 1. The first-order valence-electron chi connectivity index (χ1n) is 8.52. The van der Waals surface area contributed by atoms with Crippen molar-refractivity contribution in [1.82, 2.24) is 9.97 Å². The Morgan fingerprint density at radius 3 is 2.59 bits per heavy atom. The monoisotopic (exact) mass is 377 g/mol. The number of nitrogens with zero attached hydrogens (tertiary/aromatic N) is 2. The summed E-state index contributed by atoms with van der Waals surface area (Å²) in [5.41, 5.74) is 2.87. The lowest BCUT2D eigenvalue weighted by Crippen LogP contribution is -2.01. The Bertz CT molecular complexity index is 1080. The van der Waals surface area contributed by atoms with Gasteiger partial charge in [0.2, 0.25) is 0 Å². The molecule has 0 atom stereocenters. The predicted molar refractivity (Wildman–Crippen MR) is 110 cm³/mol. The molecule has 0 saturated carbocycles. The van der Waals surface area contributed by atoms with E-state index in [-0.39, 0.29) is 0 Å². The molecule has 6 heteroatoms. The van der Waals surface area contributed by atoms with E-state index in [1.807, 2.05) is 41.9 Å². The van der Waals surface area contributed by atoms with Crippen LogP contribution < -0.4 is 14.8 Å². The summed E-state index contributed by atoms with van der Waals surface area (Å²) in [4.78, 5) is 9.18. The van der Waals surface area contributed by atoms with Gasteiger partial charge in [-0.2, -0.15) is 0 Å². The summed E-state index contributed by atoms with van der Waals surface area (Å²) in [7, 11) is 3.26. The SMILES string of the molecule is COc1ccc(-c2csc(NCc3cc4ccccc4cn3)n2)cc1OC. The molecule has 0 aliphatic rings. The van der Waals surface area contributed by atoms with Gasteiger partial charge in [0.1, 0.15) is 0 Å². The van der Waals surface area contributed by atoms with Crippen molar-refractivity contribution in [1.29, 1.82) is 0 Å². The minimum atomic E-state index is 0.629. The molecule has 0 amide bonds. The highest BCUT2D eigenvalue weighted by atomic mass is 32.1. The van der Waals surface area contributed by atoms with Gasteiger partial charge < -0.3 is 14.8 Å². The number of methoxy groups -OCH3 is 2. The molecule has 0 aliphatic carbocycles. The number of aromatic nitrogens is 2. The van der Waals surface area contributed by atoms with Gasteiger partial charge in [-0.1, -0.05) is 24.3 Å². The molecule has 4 rings (SSSR count). The number of nitrogens with one attached hydrogen (secondary N) is 1. The van der Waals surface area contributed by atoms with Crippen LogP contribution in [0.4, 0.5) is 5.13 Å². The average Bonchev–Trinajstić information content (AvgIpc) is 3.20. The minimum Gasteiger partial charge on any atom is -0.493 e. The third-order valence-corrected chi connectivity index (χ3v) is 5.09. The Balaban J connectivity index is 1.49. The van der Waals surface area contributed by atoms with Crippen molar-refractivity contribution in [2.24, 2.45) is 0 Å². The van der Waals surface area contributed by atoms with Crippen LogP contribution in [-0.2, 0) is 6.54 Å². The van der Waals surface area contributed by atoms with Crippen LogP contribution in [0.1, 0.15) is 5.69 Å². The fourth-order valence-corrected chi connectivity index (χ4v) is 3.59.